The van der Waals surface area contributed by atoms with Gasteiger partial charge in [-0.2, -0.15) is 0 Å². The Bertz CT molecular complexity index is 1610. The number of sulfonamides is 1. The van der Waals surface area contributed by atoms with Crippen molar-refractivity contribution in [2.45, 2.75) is 62.5 Å². The summed E-state index contributed by atoms with van der Waals surface area (Å²) in [5.74, 6) is -1.05. The molecular formula is C35H39N3O5S. The van der Waals surface area contributed by atoms with Crippen LogP contribution < -0.4 is 9.62 Å². The van der Waals surface area contributed by atoms with Crippen LogP contribution in [0.2, 0.25) is 0 Å². The van der Waals surface area contributed by atoms with Gasteiger partial charge in [-0.15, -0.1) is 0 Å². The molecule has 2 N–H and O–H groups in total. The largest absolute Gasteiger partial charge is 0.512 e. The SMILES string of the molecule is CCC(C1=C(O)CC(CCc2ccccc2)(CCc2ccccc2)OC1=O)c1ccccc1N1C=CC=NC1S(=O)(=O)NC. The number of carbonyl (C=O) groups excluding carboxylic acids is 1. The van der Waals surface area contributed by atoms with E-state index in [4.69, 9.17) is 4.74 Å². The molecule has 0 amide bonds. The summed E-state index contributed by atoms with van der Waals surface area (Å²) in [7, 11) is -2.46. The van der Waals surface area contributed by atoms with E-state index in [1.807, 2.05) is 61.5 Å². The van der Waals surface area contributed by atoms with E-state index in [1.54, 1.807) is 23.2 Å². The third kappa shape index (κ3) is 6.79. The number of esters is 1. The minimum absolute atomic E-state index is 0.0237. The summed E-state index contributed by atoms with van der Waals surface area (Å²) >= 11 is 0. The highest BCUT2D eigenvalue weighted by Gasteiger charge is 2.44. The molecule has 5 rings (SSSR count). The number of aliphatic imine (C=N–C) groups is 1. The first-order valence-corrected chi connectivity index (χ1v) is 16.5. The number of cyclic esters (lactones) is 1. The van der Waals surface area contributed by atoms with Crippen molar-refractivity contribution in [3.8, 4) is 0 Å². The second kappa shape index (κ2) is 13.6. The molecule has 0 saturated carbocycles. The fourth-order valence-corrected chi connectivity index (χ4v) is 7.04. The van der Waals surface area contributed by atoms with Gasteiger partial charge in [-0.3, -0.25) is 4.99 Å². The van der Waals surface area contributed by atoms with Crippen molar-refractivity contribution in [2.24, 2.45) is 4.99 Å². The number of rotatable bonds is 12. The van der Waals surface area contributed by atoms with Crippen molar-refractivity contribution in [1.29, 1.82) is 0 Å². The molecule has 3 aromatic rings. The molecule has 0 bridgehead atoms. The number of hydrogen-bond acceptors (Lipinski definition) is 7. The normalized spacial score (nSPS) is 18.7. The maximum Gasteiger partial charge on any atom is 0.338 e. The maximum atomic E-state index is 14.0. The minimum atomic E-state index is -3.81. The van der Waals surface area contributed by atoms with Crippen LogP contribution >= 0.6 is 0 Å². The molecule has 3 aromatic carbocycles. The van der Waals surface area contributed by atoms with E-state index in [2.05, 4.69) is 34.0 Å². The van der Waals surface area contributed by atoms with Crippen LogP contribution in [0.5, 0.6) is 0 Å². The molecule has 0 radical (unpaired) electrons. The van der Waals surface area contributed by atoms with E-state index >= 15 is 0 Å². The third-order valence-corrected chi connectivity index (χ3v) is 9.92. The molecule has 0 aliphatic carbocycles. The topological polar surface area (TPSA) is 108 Å². The fourth-order valence-electron chi connectivity index (χ4n) is 6.12. The first-order chi connectivity index (χ1) is 21.3. The maximum absolute atomic E-state index is 14.0. The molecule has 44 heavy (non-hydrogen) atoms. The van der Waals surface area contributed by atoms with Crippen LogP contribution in [-0.4, -0.2) is 43.9 Å². The second-order valence-electron chi connectivity index (χ2n) is 11.2. The highest BCUT2D eigenvalue weighted by Crippen LogP contribution is 2.44. The second-order valence-corrected chi connectivity index (χ2v) is 13.1. The smallest absolute Gasteiger partial charge is 0.338 e. The van der Waals surface area contributed by atoms with Gasteiger partial charge in [0.15, 0.2) is 0 Å². The lowest BCUT2D eigenvalue weighted by molar-refractivity contribution is -0.161. The van der Waals surface area contributed by atoms with Gasteiger partial charge in [0.25, 0.3) is 10.0 Å². The van der Waals surface area contributed by atoms with Gasteiger partial charge in [0.05, 0.1) is 5.57 Å². The summed E-state index contributed by atoms with van der Waals surface area (Å²) in [6.45, 7) is 1.94. The van der Waals surface area contributed by atoms with E-state index in [1.165, 1.54) is 13.3 Å². The molecule has 0 saturated heterocycles. The number of aliphatic hydroxyl groups is 1. The van der Waals surface area contributed by atoms with E-state index in [0.29, 0.717) is 43.4 Å². The van der Waals surface area contributed by atoms with E-state index in [-0.39, 0.29) is 17.8 Å². The summed E-state index contributed by atoms with van der Waals surface area (Å²) in [4.78, 5) is 19.8. The number of anilines is 1. The van der Waals surface area contributed by atoms with E-state index in [0.717, 1.165) is 11.1 Å². The molecule has 2 aliphatic rings. The van der Waals surface area contributed by atoms with Gasteiger partial charge in [-0.25, -0.2) is 17.9 Å². The van der Waals surface area contributed by atoms with Crippen molar-refractivity contribution >= 4 is 27.9 Å². The quantitative estimate of drug-likeness (QED) is 0.236. The van der Waals surface area contributed by atoms with Crippen LogP contribution in [0, 0.1) is 0 Å². The van der Waals surface area contributed by atoms with Crippen LogP contribution in [0.1, 0.15) is 55.2 Å². The van der Waals surface area contributed by atoms with Crippen molar-refractivity contribution < 1.29 is 23.1 Å². The van der Waals surface area contributed by atoms with Crippen molar-refractivity contribution in [1.82, 2.24) is 4.72 Å². The van der Waals surface area contributed by atoms with Gasteiger partial charge in [0.2, 0.25) is 5.50 Å². The molecule has 0 aromatic heterocycles. The number of aryl methyl sites for hydroxylation is 2. The number of hydrogen-bond donors (Lipinski definition) is 2. The van der Waals surface area contributed by atoms with Crippen LogP contribution in [0.15, 0.2) is 114 Å². The average molecular weight is 614 g/mol. The van der Waals surface area contributed by atoms with Gasteiger partial charge in [0, 0.05) is 30.4 Å². The van der Waals surface area contributed by atoms with Gasteiger partial charge in [0.1, 0.15) is 11.4 Å². The lowest BCUT2D eigenvalue weighted by Crippen LogP contribution is -2.44. The number of carbonyl (C=O) groups is 1. The lowest BCUT2D eigenvalue weighted by Gasteiger charge is -2.39. The number of aliphatic hydroxyl groups excluding tert-OH is 1. The Balaban J connectivity index is 1.49. The summed E-state index contributed by atoms with van der Waals surface area (Å²) < 4.78 is 34.5. The first kappa shape index (κ1) is 31.2. The van der Waals surface area contributed by atoms with Crippen LogP contribution in [0.4, 0.5) is 5.69 Å². The zero-order chi connectivity index (χ0) is 31.2. The van der Waals surface area contributed by atoms with E-state index < -0.39 is 33.0 Å². The molecular weight excluding hydrogens is 574 g/mol. The zero-order valence-electron chi connectivity index (χ0n) is 25.1. The van der Waals surface area contributed by atoms with Gasteiger partial charge >= 0.3 is 5.97 Å². The number of nitrogens with zero attached hydrogens (tertiary/aromatic N) is 2. The number of allylic oxidation sites excluding steroid dienone is 1. The highest BCUT2D eigenvalue weighted by molar-refractivity contribution is 7.90. The summed E-state index contributed by atoms with van der Waals surface area (Å²) in [6, 6.07) is 27.5. The van der Waals surface area contributed by atoms with Crippen molar-refractivity contribution in [3.63, 3.8) is 0 Å². The Labute approximate surface area is 259 Å². The summed E-state index contributed by atoms with van der Waals surface area (Å²) in [6.07, 6.45) is 8.01. The monoisotopic (exact) mass is 613 g/mol. The zero-order valence-corrected chi connectivity index (χ0v) is 25.9. The molecule has 8 nitrogen and oxygen atoms in total. The molecule has 2 atom stereocenters. The predicted molar refractivity (Wildman–Crippen MR) is 174 cm³/mol. The van der Waals surface area contributed by atoms with Gasteiger partial charge in [-0.1, -0.05) is 85.8 Å². The number of ether oxygens (including phenoxy) is 1. The van der Waals surface area contributed by atoms with Gasteiger partial charge < -0.3 is 14.7 Å². The Morgan fingerprint density at radius 1 is 0.977 bits per heavy atom. The predicted octanol–water partition coefficient (Wildman–Crippen LogP) is 6.18. The summed E-state index contributed by atoms with van der Waals surface area (Å²) in [5.41, 5.74) is 1.68. The molecule has 2 heterocycles. The fraction of sp³-hybridized carbons (Fsp3) is 0.314. The minimum Gasteiger partial charge on any atom is -0.512 e. The van der Waals surface area contributed by atoms with Crippen LogP contribution in [-0.2, 0) is 32.4 Å². The Morgan fingerprint density at radius 3 is 2.14 bits per heavy atom. The standard InChI is InChI=1S/C35H39N3O5S/c1-3-28(29-17-10-11-18-30(29)38-24-12-23-37-34(38)44(41,42)36-2)32-31(39)25-35(43-33(32)40,21-19-26-13-6-4-7-14-26)22-20-27-15-8-5-9-16-27/h4-18,23-24,28,34,36,39H,3,19-22,25H2,1-2H3. The van der Waals surface area contributed by atoms with Crippen LogP contribution in [0.25, 0.3) is 0 Å². The Hall–Kier alpha value is -4.21. The van der Waals surface area contributed by atoms with Gasteiger partial charge in [-0.05, 0) is 68.0 Å². The van der Waals surface area contributed by atoms with E-state index in [9.17, 15) is 18.3 Å². The van der Waals surface area contributed by atoms with Crippen LogP contribution in [0.3, 0.4) is 0 Å². The Morgan fingerprint density at radius 2 is 1.57 bits per heavy atom. The van der Waals surface area contributed by atoms with Crippen molar-refractivity contribution in [2.75, 3.05) is 11.9 Å². The summed E-state index contributed by atoms with van der Waals surface area (Å²) in [5, 5.41) is 11.7. The molecule has 9 heteroatoms. The highest BCUT2D eigenvalue weighted by atomic mass is 32.2. The molecule has 230 valence electrons. The van der Waals surface area contributed by atoms with Crippen molar-refractivity contribution in [3.05, 3.63) is 125 Å². The number of para-hydroxylation sites is 1. The average Bonchev–Trinajstić information content (AvgIpc) is 3.05. The molecule has 0 spiro atoms. The number of benzene rings is 3. The molecule has 0 fully saturated rings. The Kier molecular flexibility index (Phi) is 9.66. The first-order valence-electron chi connectivity index (χ1n) is 15.0. The molecule has 2 aliphatic heterocycles. The number of nitrogens with one attached hydrogen (secondary N) is 1. The third-order valence-electron chi connectivity index (χ3n) is 8.45. The lowest BCUT2D eigenvalue weighted by atomic mass is 9.79. The molecule has 2 unspecified atom stereocenters.